The highest BCUT2D eigenvalue weighted by Crippen LogP contribution is 2.12. The molecule has 1 aliphatic heterocycles. The fraction of sp³-hybridized carbons (Fsp3) is 0.250. The summed E-state index contributed by atoms with van der Waals surface area (Å²) in [6, 6.07) is 4.12. The van der Waals surface area contributed by atoms with Crippen molar-refractivity contribution in [2.75, 3.05) is 13.1 Å². The van der Waals surface area contributed by atoms with Gasteiger partial charge in [0.25, 0.3) is 0 Å². The van der Waals surface area contributed by atoms with Gasteiger partial charge in [-0.2, -0.15) is 0 Å². The standard InChI is InChI=1S/C8H10N2/c1-2-8(10-4-1)7-3-5-9-6-7/h1-4,9-10H,5-6H2. The van der Waals surface area contributed by atoms with Crippen molar-refractivity contribution >= 4 is 5.57 Å². The van der Waals surface area contributed by atoms with Gasteiger partial charge in [0.05, 0.1) is 0 Å². The molecule has 0 radical (unpaired) electrons. The Hall–Kier alpha value is -1.02. The van der Waals surface area contributed by atoms with Gasteiger partial charge in [0.1, 0.15) is 0 Å². The lowest BCUT2D eigenvalue weighted by Gasteiger charge is -1.94. The number of hydrogen-bond donors (Lipinski definition) is 2. The van der Waals surface area contributed by atoms with E-state index in [9.17, 15) is 0 Å². The summed E-state index contributed by atoms with van der Waals surface area (Å²) in [5.41, 5.74) is 2.62. The normalized spacial score (nSPS) is 17.4. The van der Waals surface area contributed by atoms with Crippen LogP contribution in [0.25, 0.3) is 5.57 Å². The highest BCUT2D eigenvalue weighted by molar-refractivity contribution is 5.66. The van der Waals surface area contributed by atoms with E-state index in [0.717, 1.165) is 13.1 Å². The summed E-state index contributed by atoms with van der Waals surface area (Å²) in [6.07, 6.45) is 4.17. The first-order valence-electron chi connectivity index (χ1n) is 3.50. The van der Waals surface area contributed by atoms with E-state index in [2.05, 4.69) is 22.4 Å². The Morgan fingerprint density at radius 3 is 3.00 bits per heavy atom. The minimum Gasteiger partial charge on any atom is -0.361 e. The summed E-state index contributed by atoms with van der Waals surface area (Å²) in [6.45, 7) is 2.01. The zero-order valence-corrected chi connectivity index (χ0v) is 5.72. The molecule has 0 spiro atoms. The zero-order valence-electron chi connectivity index (χ0n) is 5.72. The maximum absolute atomic E-state index is 3.25. The molecular formula is C8H10N2. The van der Waals surface area contributed by atoms with Crippen molar-refractivity contribution in [3.63, 3.8) is 0 Å². The first-order valence-corrected chi connectivity index (χ1v) is 3.50. The lowest BCUT2D eigenvalue weighted by molar-refractivity contribution is 0.896. The highest BCUT2D eigenvalue weighted by Gasteiger charge is 2.05. The predicted octanol–water partition coefficient (Wildman–Crippen LogP) is 1.00. The molecule has 2 nitrogen and oxygen atoms in total. The number of H-pyrrole nitrogens is 1. The fourth-order valence-electron chi connectivity index (χ4n) is 1.21. The second-order valence-electron chi connectivity index (χ2n) is 2.44. The molecule has 2 rings (SSSR count). The van der Waals surface area contributed by atoms with Crippen LogP contribution in [0.15, 0.2) is 24.4 Å². The summed E-state index contributed by atoms with van der Waals surface area (Å²) in [4.78, 5) is 3.17. The summed E-state index contributed by atoms with van der Waals surface area (Å²) >= 11 is 0. The smallest absolute Gasteiger partial charge is 0.0423 e. The molecule has 10 heavy (non-hydrogen) atoms. The number of hydrogen-bond acceptors (Lipinski definition) is 1. The summed E-state index contributed by atoms with van der Waals surface area (Å²) in [7, 11) is 0. The highest BCUT2D eigenvalue weighted by atomic mass is 14.9. The molecule has 52 valence electrons. The molecule has 0 bridgehead atoms. The van der Waals surface area contributed by atoms with Gasteiger partial charge in [-0.25, -0.2) is 0 Å². The minimum atomic E-state index is 1.00. The number of rotatable bonds is 1. The van der Waals surface area contributed by atoms with Crippen LogP contribution in [0.3, 0.4) is 0 Å². The van der Waals surface area contributed by atoms with Crippen LogP contribution in [0.4, 0.5) is 0 Å². The lowest BCUT2D eigenvalue weighted by Crippen LogP contribution is -2.07. The van der Waals surface area contributed by atoms with Crippen molar-refractivity contribution in [1.82, 2.24) is 10.3 Å². The van der Waals surface area contributed by atoms with Crippen LogP contribution in [0.2, 0.25) is 0 Å². The molecule has 0 aromatic carbocycles. The number of nitrogens with one attached hydrogen (secondary N) is 2. The molecule has 1 aliphatic rings. The second-order valence-corrected chi connectivity index (χ2v) is 2.44. The van der Waals surface area contributed by atoms with Gasteiger partial charge in [0.15, 0.2) is 0 Å². The van der Waals surface area contributed by atoms with E-state index < -0.39 is 0 Å². The fourth-order valence-corrected chi connectivity index (χ4v) is 1.21. The van der Waals surface area contributed by atoms with E-state index >= 15 is 0 Å². The van der Waals surface area contributed by atoms with Crippen molar-refractivity contribution < 1.29 is 0 Å². The molecule has 0 saturated heterocycles. The van der Waals surface area contributed by atoms with Gasteiger partial charge in [-0.3, -0.25) is 0 Å². The van der Waals surface area contributed by atoms with Gasteiger partial charge < -0.3 is 10.3 Å². The molecule has 0 unspecified atom stereocenters. The average Bonchev–Trinajstić information content (AvgIpc) is 2.59. The monoisotopic (exact) mass is 134 g/mol. The van der Waals surface area contributed by atoms with Crippen LogP contribution in [-0.4, -0.2) is 18.1 Å². The number of aromatic amines is 1. The first-order chi connectivity index (χ1) is 4.97. The molecule has 2 heteroatoms. The van der Waals surface area contributed by atoms with Gasteiger partial charge in [0.2, 0.25) is 0 Å². The van der Waals surface area contributed by atoms with E-state index in [1.54, 1.807) is 0 Å². The van der Waals surface area contributed by atoms with E-state index in [0.29, 0.717) is 0 Å². The SMILES string of the molecule is C1=C(c2ccc[nH]2)CNC1. The van der Waals surface area contributed by atoms with E-state index in [4.69, 9.17) is 0 Å². The lowest BCUT2D eigenvalue weighted by atomic mass is 10.2. The van der Waals surface area contributed by atoms with Gasteiger partial charge in [-0.05, 0) is 17.7 Å². The van der Waals surface area contributed by atoms with Gasteiger partial charge in [0, 0.05) is 25.0 Å². The van der Waals surface area contributed by atoms with Crippen molar-refractivity contribution in [1.29, 1.82) is 0 Å². The van der Waals surface area contributed by atoms with Crippen LogP contribution in [0.1, 0.15) is 5.69 Å². The largest absolute Gasteiger partial charge is 0.361 e. The van der Waals surface area contributed by atoms with Crippen LogP contribution in [0, 0.1) is 0 Å². The Morgan fingerprint density at radius 1 is 1.40 bits per heavy atom. The van der Waals surface area contributed by atoms with E-state index in [-0.39, 0.29) is 0 Å². The molecule has 0 aliphatic carbocycles. The first kappa shape index (κ1) is 5.74. The maximum atomic E-state index is 3.25. The Morgan fingerprint density at radius 2 is 2.40 bits per heavy atom. The predicted molar refractivity (Wildman–Crippen MR) is 41.6 cm³/mol. The topological polar surface area (TPSA) is 27.8 Å². The molecule has 0 amide bonds. The Balaban J connectivity index is 2.28. The van der Waals surface area contributed by atoms with E-state index in [1.165, 1.54) is 11.3 Å². The minimum absolute atomic E-state index is 1.00. The molecular weight excluding hydrogens is 124 g/mol. The third-order valence-corrected chi connectivity index (χ3v) is 1.75. The van der Waals surface area contributed by atoms with Crippen molar-refractivity contribution in [2.24, 2.45) is 0 Å². The van der Waals surface area contributed by atoms with Crippen LogP contribution in [-0.2, 0) is 0 Å². The molecule has 0 atom stereocenters. The van der Waals surface area contributed by atoms with E-state index in [1.807, 2.05) is 12.3 Å². The van der Waals surface area contributed by atoms with Crippen LogP contribution < -0.4 is 5.32 Å². The van der Waals surface area contributed by atoms with Crippen molar-refractivity contribution in [3.8, 4) is 0 Å². The Labute approximate surface area is 60.0 Å². The average molecular weight is 134 g/mol. The van der Waals surface area contributed by atoms with Gasteiger partial charge >= 0.3 is 0 Å². The molecule has 1 aromatic rings. The molecule has 2 heterocycles. The summed E-state index contributed by atoms with van der Waals surface area (Å²) < 4.78 is 0. The second kappa shape index (κ2) is 2.31. The zero-order chi connectivity index (χ0) is 6.81. The number of aromatic nitrogens is 1. The maximum Gasteiger partial charge on any atom is 0.0423 e. The van der Waals surface area contributed by atoms with Gasteiger partial charge in [-0.1, -0.05) is 6.08 Å². The van der Waals surface area contributed by atoms with Crippen LogP contribution >= 0.6 is 0 Å². The van der Waals surface area contributed by atoms with Gasteiger partial charge in [-0.15, -0.1) is 0 Å². The summed E-state index contributed by atoms with van der Waals surface area (Å²) in [5, 5.41) is 3.25. The van der Waals surface area contributed by atoms with Crippen molar-refractivity contribution in [3.05, 3.63) is 30.1 Å². The van der Waals surface area contributed by atoms with Crippen LogP contribution in [0.5, 0.6) is 0 Å². The Bertz CT molecular complexity index is 234. The molecule has 2 N–H and O–H groups in total. The molecule has 1 aromatic heterocycles. The summed E-state index contributed by atoms with van der Waals surface area (Å²) in [5.74, 6) is 0. The molecule has 0 fully saturated rings. The third-order valence-electron chi connectivity index (χ3n) is 1.75. The Kier molecular flexibility index (Phi) is 1.32. The van der Waals surface area contributed by atoms with Crippen molar-refractivity contribution in [2.45, 2.75) is 0 Å². The molecule has 0 saturated carbocycles. The quantitative estimate of drug-likeness (QED) is 0.589. The third kappa shape index (κ3) is 0.866.